The molecule has 0 aromatic heterocycles. The lowest BCUT2D eigenvalue weighted by Crippen LogP contribution is -2.17. The average molecular weight is 574 g/mol. The number of methoxy groups -OCH3 is 1. The Kier molecular flexibility index (Phi) is 9.57. The first-order valence-electron chi connectivity index (χ1n) is 10.8. The van der Waals surface area contributed by atoms with Gasteiger partial charge in [0.1, 0.15) is 6.61 Å². The second-order valence-corrected chi connectivity index (χ2v) is 8.20. The van der Waals surface area contributed by atoms with E-state index >= 15 is 0 Å². The number of amides is 1. The highest BCUT2D eigenvalue weighted by Gasteiger charge is 2.13. The number of hydrogen-bond donors (Lipinski definition) is 1. The van der Waals surface area contributed by atoms with Crippen molar-refractivity contribution in [3.63, 3.8) is 0 Å². The van der Waals surface area contributed by atoms with E-state index in [2.05, 4.69) is 33.1 Å². The zero-order valence-corrected chi connectivity index (χ0v) is 21.5. The molecule has 0 heterocycles. The lowest BCUT2D eigenvalue weighted by molar-refractivity contribution is 0.0954. The summed E-state index contributed by atoms with van der Waals surface area (Å²) in [6, 6.07) is 18.6. The van der Waals surface area contributed by atoms with Gasteiger partial charge in [0.2, 0.25) is 0 Å². The lowest BCUT2D eigenvalue weighted by atomic mass is 10.2. The summed E-state index contributed by atoms with van der Waals surface area (Å²) in [6.07, 6.45) is 1.55. The van der Waals surface area contributed by atoms with E-state index in [4.69, 9.17) is 18.9 Å². The van der Waals surface area contributed by atoms with Gasteiger partial charge in [0.15, 0.2) is 23.0 Å². The number of halogens is 1. The molecule has 8 heteroatoms. The van der Waals surface area contributed by atoms with E-state index < -0.39 is 0 Å². The Labute approximate surface area is 213 Å². The monoisotopic (exact) mass is 574 g/mol. The average Bonchev–Trinajstić information content (AvgIpc) is 2.85. The molecule has 0 aliphatic heterocycles. The fourth-order valence-corrected chi connectivity index (χ4v) is 3.88. The van der Waals surface area contributed by atoms with Crippen molar-refractivity contribution in [2.24, 2.45) is 5.10 Å². The molecule has 0 aliphatic carbocycles. The van der Waals surface area contributed by atoms with Gasteiger partial charge in [-0.3, -0.25) is 4.79 Å². The minimum Gasteiger partial charge on any atom is -0.493 e. The first-order valence-corrected chi connectivity index (χ1v) is 11.9. The van der Waals surface area contributed by atoms with Crippen molar-refractivity contribution in [1.82, 2.24) is 5.43 Å². The molecule has 7 nitrogen and oxygen atoms in total. The van der Waals surface area contributed by atoms with Crippen LogP contribution in [0.1, 0.15) is 35.3 Å². The van der Waals surface area contributed by atoms with Gasteiger partial charge in [-0.05, 0) is 77.9 Å². The van der Waals surface area contributed by atoms with E-state index in [-0.39, 0.29) is 5.91 Å². The number of nitrogens with zero attached hydrogens (tertiary/aromatic N) is 1. The van der Waals surface area contributed by atoms with Crippen LogP contribution < -0.4 is 24.4 Å². The second-order valence-electron chi connectivity index (χ2n) is 7.04. The number of hydrogen-bond acceptors (Lipinski definition) is 6. The Morgan fingerprint density at radius 3 is 2.41 bits per heavy atom. The molecule has 0 bridgehead atoms. The number of benzene rings is 3. The van der Waals surface area contributed by atoms with Gasteiger partial charge >= 0.3 is 0 Å². The molecule has 178 valence electrons. The molecule has 0 fully saturated rings. The van der Waals surface area contributed by atoms with E-state index in [0.29, 0.717) is 48.4 Å². The van der Waals surface area contributed by atoms with Crippen LogP contribution in [0.4, 0.5) is 0 Å². The summed E-state index contributed by atoms with van der Waals surface area (Å²) in [7, 11) is 1.58. The minimum absolute atomic E-state index is 0.362. The van der Waals surface area contributed by atoms with Crippen molar-refractivity contribution in [1.29, 1.82) is 0 Å². The predicted octanol–water partition coefficient (Wildman–Crippen LogP) is 5.44. The van der Waals surface area contributed by atoms with Crippen molar-refractivity contribution in [3.8, 4) is 23.0 Å². The van der Waals surface area contributed by atoms with E-state index in [1.54, 1.807) is 37.6 Å². The fourth-order valence-electron chi connectivity index (χ4n) is 3.10. The van der Waals surface area contributed by atoms with E-state index in [1.165, 1.54) is 0 Å². The van der Waals surface area contributed by atoms with Crippen LogP contribution in [0.2, 0.25) is 0 Å². The topological polar surface area (TPSA) is 78.4 Å². The van der Waals surface area contributed by atoms with Crippen LogP contribution >= 0.6 is 22.6 Å². The summed E-state index contributed by atoms with van der Waals surface area (Å²) >= 11 is 2.18. The number of nitrogens with one attached hydrogen (secondary N) is 1. The van der Waals surface area contributed by atoms with Gasteiger partial charge < -0.3 is 18.9 Å². The van der Waals surface area contributed by atoms with Gasteiger partial charge in [-0.15, -0.1) is 0 Å². The van der Waals surface area contributed by atoms with Crippen molar-refractivity contribution in [3.05, 3.63) is 80.9 Å². The number of carbonyl (C=O) groups excluding carboxylic acids is 1. The highest BCUT2D eigenvalue weighted by Crippen LogP contribution is 2.33. The zero-order chi connectivity index (χ0) is 24.3. The van der Waals surface area contributed by atoms with Crippen LogP contribution in [0.3, 0.4) is 0 Å². The molecule has 0 saturated carbocycles. The Bertz CT molecular complexity index is 1140. The minimum atomic E-state index is -0.362. The standard InChI is InChI=1S/C26H27IN2O5/c1-4-32-23-15-20(11-12-22(23)34-17-18-9-7-6-8-10-18)26(30)29-28-16-19-13-21(27)25(33-5-2)24(14-19)31-3/h6-16H,4-5,17H2,1-3H3,(H,29,30)/b28-16+. The van der Waals surface area contributed by atoms with Crippen LogP contribution in [-0.4, -0.2) is 32.4 Å². The van der Waals surface area contributed by atoms with Gasteiger partial charge in [-0.1, -0.05) is 30.3 Å². The van der Waals surface area contributed by atoms with Gasteiger partial charge in [0.05, 0.1) is 30.1 Å². The summed E-state index contributed by atoms with van der Waals surface area (Å²) in [5, 5.41) is 4.09. The summed E-state index contributed by atoms with van der Waals surface area (Å²) in [5.41, 5.74) is 4.77. The Morgan fingerprint density at radius 1 is 0.941 bits per heavy atom. The molecular weight excluding hydrogens is 547 g/mol. The maximum atomic E-state index is 12.6. The molecule has 0 atom stereocenters. The Hall–Kier alpha value is -3.27. The summed E-state index contributed by atoms with van der Waals surface area (Å²) in [4.78, 5) is 12.6. The van der Waals surface area contributed by atoms with Crippen LogP contribution in [0.5, 0.6) is 23.0 Å². The van der Waals surface area contributed by atoms with Crippen LogP contribution in [0, 0.1) is 3.57 Å². The maximum Gasteiger partial charge on any atom is 0.271 e. The number of hydrazone groups is 1. The fraction of sp³-hybridized carbons (Fsp3) is 0.231. The third-order valence-electron chi connectivity index (χ3n) is 4.66. The zero-order valence-electron chi connectivity index (χ0n) is 19.3. The van der Waals surface area contributed by atoms with Crippen molar-refractivity contribution in [2.75, 3.05) is 20.3 Å². The summed E-state index contributed by atoms with van der Waals surface area (Å²) in [6.45, 7) is 5.18. The molecule has 0 radical (unpaired) electrons. The molecule has 34 heavy (non-hydrogen) atoms. The molecule has 0 saturated heterocycles. The lowest BCUT2D eigenvalue weighted by Gasteiger charge is -2.13. The van der Waals surface area contributed by atoms with Crippen LogP contribution in [0.15, 0.2) is 65.8 Å². The first kappa shape index (κ1) is 25.4. The van der Waals surface area contributed by atoms with Crippen molar-refractivity contribution < 1.29 is 23.7 Å². The van der Waals surface area contributed by atoms with Crippen LogP contribution in [0.25, 0.3) is 0 Å². The molecule has 0 spiro atoms. The van der Waals surface area contributed by atoms with Crippen molar-refractivity contribution >= 4 is 34.7 Å². The molecule has 0 unspecified atom stereocenters. The van der Waals surface area contributed by atoms with E-state index in [9.17, 15) is 4.79 Å². The SMILES string of the molecule is CCOc1cc(C(=O)N/N=C/c2cc(I)c(OCC)c(OC)c2)ccc1OCc1ccccc1. The Balaban J connectivity index is 1.69. The van der Waals surface area contributed by atoms with Gasteiger partial charge in [-0.25, -0.2) is 5.43 Å². The molecule has 3 rings (SSSR count). The third-order valence-corrected chi connectivity index (χ3v) is 5.46. The highest BCUT2D eigenvalue weighted by atomic mass is 127. The van der Waals surface area contributed by atoms with E-state index in [1.807, 2.05) is 50.2 Å². The smallest absolute Gasteiger partial charge is 0.271 e. The first-order chi connectivity index (χ1) is 16.5. The number of rotatable bonds is 11. The number of carbonyl (C=O) groups is 1. The Morgan fingerprint density at radius 2 is 1.71 bits per heavy atom. The van der Waals surface area contributed by atoms with Gasteiger partial charge in [-0.2, -0.15) is 5.10 Å². The predicted molar refractivity (Wildman–Crippen MR) is 140 cm³/mol. The largest absolute Gasteiger partial charge is 0.493 e. The summed E-state index contributed by atoms with van der Waals surface area (Å²) < 4.78 is 23.5. The molecule has 3 aromatic rings. The maximum absolute atomic E-state index is 12.6. The van der Waals surface area contributed by atoms with E-state index in [0.717, 1.165) is 14.7 Å². The van der Waals surface area contributed by atoms with Crippen LogP contribution in [-0.2, 0) is 6.61 Å². The number of ether oxygens (including phenoxy) is 4. The molecular formula is C26H27IN2O5. The quantitative estimate of drug-likeness (QED) is 0.188. The van der Waals surface area contributed by atoms with Crippen molar-refractivity contribution in [2.45, 2.75) is 20.5 Å². The highest BCUT2D eigenvalue weighted by molar-refractivity contribution is 14.1. The molecule has 0 aliphatic rings. The van der Waals surface area contributed by atoms with Gasteiger partial charge in [0.25, 0.3) is 5.91 Å². The van der Waals surface area contributed by atoms with Gasteiger partial charge in [0, 0.05) is 5.56 Å². The third kappa shape index (κ3) is 6.86. The summed E-state index contributed by atoms with van der Waals surface area (Å²) in [5.74, 6) is 2.00. The second kappa shape index (κ2) is 12.8. The molecule has 1 amide bonds. The normalized spacial score (nSPS) is 10.7. The molecule has 1 N–H and O–H groups in total. The molecule has 3 aromatic carbocycles.